The van der Waals surface area contributed by atoms with Gasteiger partial charge in [0.1, 0.15) is 0 Å². The van der Waals surface area contributed by atoms with Crippen LogP contribution < -0.4 is 5.32 Å². The fourth-order valence-electron chi connectivity index (χ4n) is 2.35. The van der Waals surface area contributed by atoms with Crippen molar-refractivity contribution in [3.8, 4) is 0 Å². The summed E-state index contributed by atoms with van der Waals surface area (Å²) in [6.45, 7) is 3.75. The molecule has 0 fully saturated rings. The highest BCUT2D eigenvalue weighted by Gasteiger charge is 2.08. The maximum Gasteiger partial charge on any atom is 0.194 e. The predicted molar refractivity (Wildman–Crippen MR) is 88.3 cm³/mol. The molecule has 2 rings (SSSR count). The third-order valence-electron chi connectivity index (χ3n) is 3.72. The van der Waals surface area contributed by atoms with Crippen molar-refractivity contribution in [3.63, 3.8) is 0 Å². The number of nitrogens with one attached hydrogen (secondary N) is 1. The van der Waals surface area contributed by atoms with E-state index in [4.69, 9.17) is 0 Å². The van der Waals surface area contributed by atoms with Crippen LogP contribution >= 0.6 is 0 Å². The highest BCUT2D eigenvalue weighted by atomic mass is 15.3. The zero-order valence-corrected chi connectivity index (χ0v) is 13.3. The first-order chi connectivity index (χ1) is 10.1. The molecular weight excluding hydrogens is 260 g/mol. The summed E-state index contributed by atoms with van der Waals surface area (Å²) in [6, 6.07) is 12.6. The van der Waals surface area contributed by atoms with Gasteiger partial charge < -0.3 is 14.8 Å². The SMILES string of the molecule is CN=C(NCc1ccccc1C)N(C)Cc1cccn1C. The average Bonchev–Trinajstić information content (AvgIpc) is 2.87. The molecule has 0 unspecified atom stereocenters. The Hall–Kier alpha value is -2.23. The standard InChI is InChI=1S/C17H24N4/c1-14-8-5-6-9-15(14)12-19-17(18-2)21(4)13-16-10-7-11-20(16)3/h5-11H,12-13H2,1-4H3,(H,18,19). The number of hydrogen-bond donors (Lipinski definition) is 1. The summed E-state index contributed by atoms with van der Waals surface area (Å²) < 4.78 is 2.13. The highest BCUT2D eigenvalue weighted by molar-refractivity contribution is 5.79. The molecule has 0 amide bonds. The van der Waals surface area contributed by atoms with Gasteiger partial charge in [-0.1, -0.05) is 24.3 Å². The van der Waals surface area contributed by atoms with Gasteiger partial charge in [-0.3, -0.25) is 4.99 Å². The fourth-order valence-corrected chi connectivity index (χ4v) is 2.35. The molecule has 1 heterocycles. The number of aryl methyl sites for hydroxylation is 2. The van der Waals surface area contributed by atoms with Crippen molar-refractivity contribution in [3.05, 3.63) is 59.4 Å². The van der Waals surface area contributed by atoms with Crippen LogP contribution in [0.4, 0.5) is 0 Å². The fraction of sp³-hybridized carbons (Fsp3) is 0.353. The summed E-state index contributed by atoms with van der Waals surface area (Å²) in [5, 5.41) is 3.42. The van der Waals surface area contributed by atoms with Gasteiger partial charge in [0, 0.05) is 39.6 Å². The van der Waals surface area contributed by atoms with E-state index in [0.717, 1.165) is 19.0 Å². The van der Waals surface area contributed by atoms with Crippen molar-refractivity contribution < 1.29 is 0 Å². The van der Waals surface area contributed by atoms with E-state index in [1.54, 1.807) is 0 Å². The minimum absolute atomic E-state index is 0.789. The lowest BCUT2D eigenvalue weighted by atomic mass is 10.1. The summed E-state index contributed by atoms with van der Waals surface area (Å²) >= 11 is 0. The summed E-state index contributed by atoms with van der Waals surface area (Å²) in [6.07, 6.45) is 2.06. The van der Waals surface area contributed by atoms with Crippen LogP contribution in [0.1, 0.15) is 16.8 Å². The third-order valence-corrected chi connectivity index (χ3v) is 3.72. The van der Waals surface area contributed by atoms with Gasteiger partial charge in [-0.05, 0) is 30.2 Å². The number of rotatable bonds is 4. The number of guanidine groups is 1. The molecule has 0 spiro atoms. The van der Waals surface area contributed by atoms with Crippen LogP contribution in [-0.4, -0.2) is 29.5 Å². The Bertz CT molecular complexity index is 613. The molecule has 0 radical (unpaired) electrons. The molecule has 4 heteroatoms. The third kappa shape index (κ3) is 3.88. The average molecular weight is 284 g/mol. The van der Waals surface area contributed by atoms with Crippen LogP contribution in [0, 0.1) is 6.92 Å². The Morgan fingerprint density at radius 1 is 1.24 bits per heavy atom. The van der Waals surface area contributed by atoms with Gasteiger partial charge in [0.15, 0.2) is 5.96 Å². The Kier molecular flexibility index (Phi) is 5.04. The molecular formula is C17H24N4. The quantitative estimate of drug-likeness (QED) is 0.691. The van der Waals surface area contributed by atoms with Gasteiger partial charge in [0.25, 0.3) is 0 Å². The van der Waals surface area contributed by atoms with Crippen molar-refractivity contribution in [2.24, 2.45) is 12.0 Å². The van der Waals surface area contributed by atoms with E-state index in [0.29, 0.717) is 0 Å². The molecule has 2 aromatic rings. The molecule has 0 atom stereocenters. The zero-order chi connectivity index (χ0) is 15.2. The molecule has 0 aliphatic heterocycles. The van der Waals surface area contributed by atoms with Gasteiger partial charge >= 0.3 is 0 Å². The lowest BCUT2D eigenvalue weighted by Gasteiger charge is -2.22. The number of benzene rings is 1. The summed E-state index contributed by atoms with van der Waals surface area (Å²) in [7, 11) is 5.94. The normalized spacial score (nSPS) is 11.5. The van der Waals surface area contributed by atoms with Crippen molar-refractivity contribution in [2.45, 2.75) is 20.0 Å². The number of hydrogen-bond acceptors (Lipinski definition) is 1. The van der Waals surface area contributed by atoms with E-state index in [2.05, 4.69) is 83.4 Å². The summed E-state index contributed by atoms with van der Waals surface area (Å²) in [5.41, 5.74) is 3.85. The lowest BCUT2D eigenvalue weighted by molar-refractivity contribution is 0.461. The molecule has 0 saturated heterocycles. The topological polar surface area (TPSA) is 32.6 Å². The second-order valence-corrected chi connectivity index (χ2v) is 5.29. The molecule has 112 valence electrons. The summed E-state index contributed by atoms with van der Waals surface area (Å²) in [4.78, 5) is 6.50. The van der Waals surface area contributed by atoms with Gasteiger partial charge in [0.2, 0.25) is 0 Å². The number of aliphatic imine (C=N–C) groups is 1. The molecule has 1 aromatic carbocycles. The van der Waals surface area contributed by atoms with E-state index in [9.17, 15) is 0 Å². The molecule has 1 aromatic heterocycles. The largest absolute Gasteiger partial charge is 0.353 e. The molecule has 4 nitrogen and oxygen atoms in total. The van der Waals surface area contributed by atoms with E-state index in [1.165, 1.54) is 16.8 Å². The Morgan fingerprint density at radius 3 is 2.62 bits per heavy atom. The number of aromatic nitrogens is 1. The summed E-state index contributed by atoms with van der Waals surface area (Å²) in [5.74, 6) is 0.902. The van der Waals surface area contributed by atoms with Gasteiger partial charge in [-0.15, -0.1) is 0 Å². The highest BCUT2D eigenvalue weighted by Crippen LogP contribution is 2.07. The van der Waals surface area contributed by atoms with Gasteiger partial charge in [-0.2, -0.15) is 0 Å². The Labute approximate surface area is 127 Å². The molecule has 0 bridgehead atoms. The maximum atomic E-state index is 4.37. The van der Waals surface area contributed by atoms with Crippen LogP contribution in [0.2, 0.25) is 0 Å². The van der Waals surface area contributed by atoms with Crippen molar-refractivity contribution in [2.75, 3.05) is 14.1 Å². The van der Waals surface area contributed by atoms with E-state index < -0.39 is 0 Å². The zero-order valence-electron chi connectivity index (χ0n) is 13.3. The second-order valence-electron chi connectivity index (χ2n) is 5.29. The van der Waals surface area contributed by atoms with Gasteiger partial charge in [-0.25, -0.2) is 0 Å². The molecule has 21 heavy (non-hydrogen) atoms. The van der Waals surface area contributed by atoms with Crippen molar-refractivity contribution in [1.29, 1.82) is 0 Å². The monoisotopic (exact) mass is 284 g/mol. The molecule has 1 N–H and O–H groups in total. The Balaban J connectivity index is 1.97. The molecule has 0 saturated carbocycles. The maximum absolute atomic E-state index is 4.37. The van der Waals surface area contributed by atoms with Crippen LogP contribution in [-0.2, 0) is 20.1 Å². The van der Waals surface area contributed by atoms with Crippen molar-refractivity contribution in [1.82, 2.24) is 14.8 Å². The Morgan fingerprint density at radius 2 is 2.00 bits per heavy atom. The van der Waals surface area contributed by atoms with E-state index in [-0.39, 0.29) is 0 Å². The minimum atomic E-state index is 0.789. The van der Waals surface area contributed by atoms with E-state index in [1.807, 2.05) is 7.05 Å². The van der Waals surface area contributed by atoms with Crippen LogP contribution in [0.5, 0.6) is 0 Å². The molecule has 0 aliphatic rings. The van der Waals surface area contributed by atoms with E-state index >= 15 is 0 Å². The molecule has 0 aliphatic carbocycles. The second kappa shape index (κ2) is 6.97. The number of nitrogens with zero attached hydrogens (tertiary/aromatic N) is 3. The minimum Gasteiger partial charge on any atom is -0.353 e. The van der Waals surface area contributed by atoms with Gasteiger partial charge in [0.05, 0.1) is 6.54 Å². The van der Waals surface area contributed by atoms with Crippen LogP contribution in [0.15, 0.2) is 47.6 Å². The first kappa shape index (κ1) is 15.2. The lowest BCUT2D eigenvalue weighted by Crippen LogP contribution is -2.38. The first-order valence-corrected chi connectivity index (χ1v) is 7.18. The predicted octanol–water partition coefficient (Wildman–Crippen LogP) is 2.54. The van der Waals surface area contributed by atoms with Crippen LogP contribution in [0.3, 0.4) is 0 Å². The smallest absolute Gasteiger partial charge is 0.194 e. The van der Waals surface area contributed by atoms with Crippen molar-refractivity contribution >= 4 is 5.96 Å². The van der Waals surface area contributed by atoms with Crippen LogP contribution in [0.25, 0.3) is 0 Å². The first-order valence-electron chi connectivity index (χ1n) is 7.18.